The zero-order valence-corrected chi connectivity index (χ0v) is 21.7. The van der Waals surface area contributed by atoms with E-state index in [9.17, 15) is 4.79 Å². The van der Waals surface area contributed by atoms with Crippen LogP contribution in [-0.2, 0) is 6.54 Å². The van der Waals surface area contributed by atoms with E-state index in [-0.39, 0.29) is 11.9 Å². The molecule has 0 spiro atoms. The number of aromatic nitrogens is 3. The minimum absolute atomic E-state index is 0.0869. The number of fused-ring (bicyclic) bond motifs is 1. The molecule has 186 valence electrons. The van der Waals surface area contributed by atoms with Gasteiger partial charge in [0.05, 0.1) is 34.5 Å². The number of aryl methyl sites for hydroxylation is 2. The van der Waals surface area contributed by atoms with Gasteiger partial charge in [0.1, 0.15) is 11.5 Å². The van der Waals surface area contributed by atoms with Crippen molar-refractivity contribution in [2.45, 2.75) is 40.3 Å². The summed E-state index contributed by atoms with van der Waals surface area (Å²) in [5.74, 6) is 1.47. The molecule has 4 aromatic rings. The number of rotatable bonds is 8. The highest BCUT2D eigenvalue weighted by molar-refractivity contribution is 6.06. The van der Waals surface area contributed by atoms with Crippen LogP contribution in [0.5, 0.6) is 0 Å². The average Bonchev–Trinajstić information content (AvgIpc) is 3.43. The number of carbonyl (C=O) groups excluding carboxylic acids is 1. The van der Waals surface area contributed by atoms with Crippen LogP contribution in [0.25, 0.3) is 22.3 Å². The largest absolute Gasteiger partial charge is 0.466 e. The Hall–Kier alpha value is -3.96. The third-order valence-corrected chi connectivity index (χ3v) is 6.16. The van der Waals surface area contributed by atoms with Crippen LogP contribution >= 0.6 is 0 Å². The summed E-state index contributed by atoms with van der Waals surface area (Å²) in [6.07, 6.45) is 1.73. The molecule has 1 aromatic carbocycles. The first-order valence-corrected chi connectivity index (χ1v) is 12.1. The summed E-state index contributed by atoms with van der Waals surface area (Å²) in [4.78, 5) is 22.9. The fraction of sp³-hybridized carbons (Fsp3) is 0.357. The summed E-state index contributed by atoms with van der Waals surface area (Å²) in [7, 11) is 3.98. The van der Waals surface area contributed by atoms with E-state index in [2.05, 4.69) is 16.1 Å². The molecule has 3 aromatic heterocycles. The predicted octanol–water partition coefficient (Wildman–Crippen LogP) is 4.96. The van der Waals surface area contributed by atoms with E-state index in [4.69, 9.17) is 14.7 Å². The number of furan rings is 1. The average molecular weight is 485 g/mol. The van der Waals surface area contributed by atoms with E-state index in [1.54, 1.807) is 18.3 Å². The SMILES string of the molecule is Cc1cc(-c2cc(C(=O)N(CCN(C)C)Cc3ccc(C#N)cc3)c3cnn(C(C)C)c3n2)c(C)o1. The van der Waals surface area contributed by atoms with Crippen LogP contribution in [0.2, 0.25) is 0 Å². The number of carbonyl (C=O) groups is 1. The second kappa shape index (κ2) is 10.3. The molecule has 0 bridgehead atoms. The van der Waals surface area contributed by atoms with Gasteiger partial charge in [0.2, 0.25) is 0 Å². The molecule has 0 fully saturated rings. The van der Waals surface area contributed by atoms with Crippen molar-refractivity contribution in [2.24, 2.45) is 0 Å². The Balaban J connectivity index is 1.82. The molecular weight excluding hydrogens is 452 g/mol. The molecule has 3 heterocycles. The van der Waals surface area contributed by atoms with E-state index in [1.807, 2.05) is 75.6 Å². The van der Waals surface area contributed by atoms with Crippen LogP contribution in [0, 0.1) is 25.2 Å². The molecule has 8 nitrogen and oxygen atoms in total. The van der Waals surface area contributed by atoms with Gasteiger partial charge in [0.25, 0.3) is 5.91 Å². The zero-order valence-electron chi connectivity index (χ0n) is 21.7. The van der Waals surface area contributed by atoms with E-state index in [1.165, 1.54) is 0 Å². The number of likely N-dealkylation sites (N-methyl/N-ethyl adjacent to an activating group) is 1. The lowest BCUT2D eigenvalue weighted by atomic mass is 10.1. The third kappa shape index (κ3) is 5.16. The summed E-state index contributed by atoms with van der Waals surface area (Å²) >= 11 is 0. The first kappa shape index (κ1) is 25.1. The normalized spacial score (nSPS) is 11.4. The van der Waals surface area contributed by atoms with Crippen molar-refractivity contribution in [1.29, 1.82) is 5.26 Å². The van der Waals surface area contributed by atoms with Gasteiger partial charge in [-0.2, -0.15) is 10.4 Å². The van der Waals surface area contributed by atoms with Gasteiger partial charge in [-0.05, 0) is 71.6 Å². The van der Waals surface area contributed by atoms with Crippen molar-refractivity contribution in [3.63, 3.8) is 0 Å². The molecule has 4 rings (SSSR count). The maximum Gasteiger partial charge on any atom is 0.255 e. The molecule has 0 aliphatic carbocycles. The maximum absolute atomic E-state index is 14.1. The Morgan fingerprint density at radius 3 is 2.44 bits per heavy atom. The molecule has 36 heavy (non-hydrogen) atoms. The smallest absolute Gasteiger partial charge is 0.255 e. The molecule has 0 saturated carbocycles. The number of hydrogen-bond donors (Lipinski definition) is 0. The monoisotopic (exact) mass is 484 g/mol. The molecule has 0 radical (unpaired) electrons. The molecule has 0 saturated heterocycles. The fourth-order valence-electron chi connectivity index (χ4n) is 4.24. The lowest BCUT2D eigenvalue weighted by molar-refractivity contribution is 0.0734. The van der Waals surface area contributed by atoms with Gasteiger partial charge < -0.3 is 14.2 Å². The van der Waals surface area contributed by atoms with Gasteiger partial charge in [-0.25, -0.2) is 9.67 Å². The molecule has 8 heteroatoms. The highest BCUT2D eigenvalue weighted by Gasteiger charge is 2.24. The number of amides is 1. The van der Waals surface area contributed by atoms with Crippen molar-refractivity contribution in [1.82, 2.24) is 24.6 Å². The van der Waals surface area contributed by atoms with Gasteiger partial charge >= 0.3 is 0 Å². The fourth-order valence-corrected chi connectivity index (χ4v) is 4.24. The van der Waals surface area contributed by atoms with Gasteiger partial charge in [0, 0.05) is 31.2 Å². The molecule has 0 atom stereocenters. The first-order chi connectivity index (χ1) is 17.2. The Morgan fingerprint density at radius 2 is 1.86 bits per heavy atom. The third-order valence-electron chi connectivity index (χ3n) is 6.16. The Kier molecular flexibility index (Phi) is 7.22. The van der Waals surface area contributed by atoms with Crippen LogP contribution in [0.1, 0.15) is 52.9 Å². The highest BCUT2D eigenvalue weighted by Crippen LogP contribution is 2.31. The van der Waals surface area contributed by atoms with Gasteiger partial charge in [-0.1, -0.05) is 12.1 Å². The summed E-state index contributed by atoms with van der Waals surface area (Å²) < 4.78 is 7.61. The van der Waals surface area contributed by atoms with Crippen LogP contribution in [0.3, 0.4) is 0 Å². The van der Waals surface area contributed by atoms with Crippen molar-refractivity contribution in [3.8, 4) is 17.3 Å². The van der Waals surface area contributed by atoms with Crippen LogP contribution in [-0.4, -0.2) is 57.7 Å². The van der Waals surface area contributed by atoms with Crippen LogP contribution in [0.15, 0.2) is 47.0 Å². The Bertz CT molecular complexity index is 1420. The van der Waals surface area contributed by atoms with E-state index >= 15 is 0 Å². The predicted molar refractivity (Wildman–Crippen MR) is 140 cm³/mol. The number of hydrogen-bond acceptors (Lipinski definition) is 6. The maximum atomic E-state index is 14.1. The Morgan fingerprint density at radius 1 is 1.14 bits per heavy atom. The second-order valence-corrected chi connectivity index (χ2v) is 9.64. The molecular formula is C28H32N6O2. The minimum atomic E-state index is -0.0870. The lowest BCUT2D eigenvalue weighted by Crippen LogP contribution is -2.36. The summed E-state index contributed by atoms with van der Waals surface area (Å²) in [5, 5.41) is 14.4. The molecule has 0 aliphatic heterocycles. The van der Waals surface area contributed by atoms with Crippen molar-refractivity contribution < 1.29 is 9.21 Å². The van der Waals surface area contributed by atoms with Crippen molar-refractivity contribution in [3.05, 3.63) is 70.8 Å². The zero-order chi connectivity index (χ0) is 26.0. The van der Waals surface area contributed by atoms with Crippen LogP contribution in [0.4, 0.5) is 0 Å². The number of nitrogens with zero attached hydrogens (tertiary/aromatic N) is 6. The van der Waals surface area contributed by atoms with Gasteiger partial charge in [-0.3, -0.25) is 4.79 Å². The lowest BCUT2D eigenvalue weighted by Gasteiger charge is -2.25. The summed E-state index contributed by atoms with van der Waals surface area (Å²) in [6.45, 7) is 9.60. The topological polar surface area (TPSA) is 91.2 Å². The summed E-state index contributed by atoms with van der Waals surface area (Å²) in [5.41, 5.74) is 4.35. The van der Waals surface area contributed by atoms with Crippen molar-refractivity contribution >= 4 is 16.9 Å². The Labute approximate surface area is 211 Å². The van der Waals surface area contributed by atoms with Crippen LogP contribution < -0.4 is 0 Å². The van der Waals surface area contributed by atoms with Gasteiger partial charge in [-0.15, -0.1) is 0 Å². The second-order valence-electron chi connectivity index (χ2n) is 9.64. The standard InChI is InChI=1S/C28H32N6O2/c1-18(2)34-27-25(16-30-34)24(14-26(31-27)23-13-19(3)36-20(23)4)28(35)33(12-11-32(5)6)17-22-9-7-21(15-29)8-10-22/h7-10,13-14,16,18H,11-12,17H2,1-6H3. The quantitative estimate of drug-likeness (QED) is 0.351. The first-order valence-electron chi connectivity index (χ1n) is 12.1. The van der Waals surface area contributed by atoms with Crippen molar-refractivity contribution in [2.75, 3.05) is 27.2 Å². The summed E-state index contributed by atoms with van der Waals surface area (Å²) in [6, 6.07) is 13.4. The minimum Gasteiger partial charge on any atom is -0.466 e. The van der Waals surface area contributed by atoms with E-state index < -0.39 is 0 Å². The molecule has 0 N–H and O–H groups in total. The number of benzene rings is 1. The van der Waals surface area contributed by atoms with Gasteiger partial charge in [0.15, 0.2) is 5.65 Å². The molecule has 1 amide bonds. The van der Waals surface area contributed by atoms with E-state index in [0.717, 1.165) is 28.0 Å². The highest BCUT2D eigenvalue weighted by atomic mass is 16.3. The number of nitriles is 1. The molecule has 0 aliphatic rings. The van der Waals surface area contributed by atoms with E-state index in [0.29, 0.717) is 42.1 Å². The number of pyridine rings is 1. The molecule has 0 unspecified atom stereocenters.